The summed E-state index contributed by atoms with van der Waals surface area (Å²) in [4.78, 5) is 27.5. The number of ketones is 1. The number of aryl methyl sites for hydroxylation is 1. The summed E-state index contributed by atoms with van der Waals surface area (Å²) in [6.07, 6.45) is 2.32. The number of hydrogen-bond donors (Lipinski definition) is 2. The summed E-state index contributed by atoms with van der Waals surface area (Å²) in [5.74, 6) is -1.30. The lowest BCUT2D eigenvalue weighted by Gasteiger charge is -2.29. The Hall–Kier alpha value is -3.12. The fourth-order valence-electron chi connectivity index (χ4n) is 4.21. The van der Waals surface area contributed by atoms with Gasteiger partial charge in [-0.1, -0.05) is 42.5 Å². The first-order chi connectivity index (χ1) is 14.5. The van der Waals surface area contributed by atoms with Crippen molar-refractivity contribution in [3.05, 3.63) is 77.1 Å². The van der Waals surface area contributed by atoms with Crippen molar-refractivity contribution in [2.75, 3.05) is 13.2 Å². The third-order valence-corrected chi connectivity index (χ3v) is 5.70. The number of phenols is 1. The SMILES string of the molecule is O=C(CCc1ccccc1)C1=C(O)C(=O)N(CC2CCCO2)C1c1cccc(O)c1. The molecule has 2 N–H and O–H groups in total. The number of Topliss-reactive ketones (excluding diaryl/α,β-unsaturated/α-hetero) is 1. The zero-order valence-electron chi connectivity index (χ0n) is 16.7. The van der Waals surface area contributed by atoms with Gasteiger partial charge in [-0.25, -0.2) is 0 Å². The summed E-state index contributed by atoms with van der Waals surface area (Å²) in [5.41, 5.74) is 1.70. The van der Waals surface area contributed by atoms with E-state index in [1.165, 1.54) is 17.0 Å². The van der Waals surface area contributed by atoms with Crippen molar-refractivity contribution < 1.29 is 24.5 Å². The molecule has 2 heterocycles. The number of rotatable bonds is 7. The average molecular weight is 407 g/mol. The monoisotopic (exact) mass is 407 g/mol. The number of aliphatic hydroxyl groups is 1. The van der Waals surface area contributed by atoms with E-state index in [0.29, 0.717) is 25.1 Å². The maximum atomic E-state index is 13.1. The molecule has 156 valence electrons. The summed E-state index contributed by atoms with van der Waals surface area (Å²) >= 11 is 0. The van der Waals surface area contributed by atoms with Gasteiger partial charge in [0.05, 0.1) is 17.7 Å². The van der Waals surface area contributed by atoms with Crippen LogP contribution >= 0.6 is 0 Å². The Morgan fingerprint density at radius 3 is 2.60 bits per heavy atom. The second-order valence-electron chi connectivity index (χ2n) is 7.76. The molecule has 1 saturated heterocycles. The highest BCUT2D eigenvalue weighted by Gasteiger charge is 2.44. The lowest BCUT2D eigenvalue weighted by molar-refractivity contribution is -0.131. The molecule has 2 aromatic rings. The Bertz CT molecular complexity index is 963. The molecule has 1 fully saturated rings. The minimum absolute atomic E-state index is 0.0412. The maximum Gasteiger partial charge on any atom is 0.290 e. The van der Waals surface area contributed by atoms with E-state index in [1.54, 1.807) is 12.1 Å². The van der Waals surface area contributed by atoms with Crippen LogP contribution < -0.4 is 0 Å². The first kappa shape index (κ1) is 20.2. The Labute approximate surface area is 175 Å². The van der Waals surface area contributed by atoms with E-state index in [9.17, 15) is 19.8 Å². The standard InChI is InChI=1S/C24H25NO5/c26-18-9-4-8-17(14-18)22-21(20(27)12-11-16-6-2-1-3-7-16)23(28)24(29)25(22)15-19-10-5-13-30-19/h1-4,6-9,14,19,22,26,28H,5,10-13,15H2. The number of ether oxygens (including phenoxy) is 1. The molecule has 6 nitrogen and oxygen atoms in total. The molecule has 6 heteroatoms. The molecule has 0 radical (unpaired) electrons. The van der Waals surface area contributed by atoms with Gasteiger partial charge in [0, 0.05) is 19.6 Å². The van der Waals surface area contributed by atoms with Crippen LogP contribution in [0.25, 0.3) is 0 Å². The fourth-order valence-corrected chi connectivity index (χ4v) is 4.21. The average Bonchev–Trinajstić information content (AvgIpc) is 3.35. The topological polar surface area (TPSA) is 87.1 Å². The molecule has 2 atom stereocenters. The zero-order valence-corrected chi connectivity index (χ0v) is 16.7. The summed E-state index contributed by atoms with van der Waals surface area (Å²) in [6, 6.07) is 15.4. The third kappa shape index (κ3) is 4.09. The smallest absolute Gasteiger partial charge is 0.290 e. The molecule has 0 saturated carbocycles. The van der Waals surface area contributed by atoms with Crippen molar-refractivity contribution >= 4 is 11.7 Å². The zero-order chi connectivity index (χ0) is 21.1. The van der Waals surface area contributed by atoms with Gasteiger partial charge >= 0.3 is 0 Å². The number of carbonyl (C=O) groups is 2. The van der Waals surface area contributed by atoms with Crippen LogP contribution in [0.4, 0.5) is 0 Å². The molecule has 30 heavy (non-hydrogen) atoms. The molecule has 0 spiro atoms. The Balaban J connectivity index is 1.63. The lowest BCUT2D eigenvalue weighted by atomic mass is 9.93. The number of aliphatic hydroxyl groups excluding tert-OH is 1. The molecular formula is C24H25NO5. The van der Waals surface area contributed by atoms with Crippen LogP contribution in [-0.4, -0.2) is 46.1 Å². The molecule has 2 aromatic carbocycles. The van der Waals surface area contributed by atoms with Crippen LogP contribution in [0.1, 0.15) is 36.4 Å². The van der Waals surface area contributed by atoms with Crippen LogP contribution in [0.15, 0.2) is 65.9 Å². The predicted octanol–water partition coefficient (Wildman–Crippen LogP) is 3.47. The second kappa shape index (κ2) is 8.71. The van der Waals surface area contributed by atoms with Crippen LogP contribution in [0.2, 0.25) is 0 Å². The lowest BCUT2D eigenvalue weighted by Crippen LogP contribution is -2.37. The van der Waals surface area contributed by atoms with Crippen LogP contribution in [0.5, 0.6) is 5.75 Å². The molecule has 4 rings (SSSR count). The number of carbonyl (C=O) groups excluding carboxylic acids is 2. The van der Waals surface area contributed by atoms with Gasteiger partial charge in [-0.3, -0.25) is 9.59 Å². The summed E-state index contributed by atoms with van der Waals surface area (Å²) in [7, 11) is 0. The van der Waals surface area contributed by atoms with Crippen molar-refractivity contribution in [1.82, 2.24) is 4.90 Å². The number of benzene rings is 2. The summed E-state index contributed by atoms with van der Waals surface area (Å²) in [6.45, 7) is 0.935. The van der Waals surface area contributed by atoms with E-state index in [4.69, 9.17) is 4.74 Å². The number of nitrogens with zero attached hydrogens (tertiary/aromatic N) is 1. The third-order valence-electron chi connectivity index (χ3n) is 5.70. The predicted molar refractivity (Wildman–Crippen MR) is 111 cm³/mol. The fraction of sp³-hybridized carbons (Fsp3) is 0.333. The molecule has 0 bridgehead atoms. The summed E-state index contributed by atoms with van der Waals surface area (Å²) in [5, 5.41) is 20.6. The first-order valence-electron chi connectivity index (χ1n) is 10.3. The van der Waals surface area contributed by atoms with Crippen LogP contribution in [0, 0.1) is 0 Å². The molecule has 1 amide bonds. The van der Waals surface area contributed by atoms with Crippen molar-refractivity contribution in [2.24, 2.45) is 0 Å². The highest BCUT2D eigenvalue weighted by molar-refractivity contribution is 6.09. The van der Waals surface area contributed by atoms with Gasteiger partial charge in [-0.15, -0.1) is 0 Å². The van der Waals surface area contributed by atoms with Gasteiger partial charge in [0.2, 0.25) is 0 Å². The van der Waals surface area contributed by atoms with E-state index in [2.05, 4.69) is 0 Å². The van der Waals surface area contributed by atoms with Crippen molar-refractivity contribution in [3.63, 3.8) is 0 Å². The molecule has 0 aromatic heterocycles. The molecule has 0 aliphatic carbocycles. The van der Waals surface area contributed by atoms with E-state index < -0.39 is 17.7 Å². The van der Waals surface area contributed by atoms with Crippen molar-refractivity contribution in [2.45, 2.75) is 37.8 Å². The van der Waals surface area contributed by atoms with Crippen molar-refractivity contribution in [1.29, 1.82) is 0 Å². The molecule has 2 unspecified atom stereocenters. The minimum Gasteiger partial charge on any atom is -0.508 e. The normalized spacial score (nSPS) is 21.5. The summed E-state index contributed by atoms with van der Waals surface area (Å²) < 4.78 is 5.68. The largest absolute Gasteiger partial charge is 0.508 e. The molecule has 2 aliphatic heterocycles. The van der Waals surface area contributed by atoms with Gasteiger partial charge in [0.1, 0.15) is 5.75 Å². The maximum absolute atomic E-state index is 13.1. The van der Waals surface area contributed by atoms with Gasteiger partial charge < -0.3 is 19.8 Å². The molecule has 2 aliphatic rings. The Morgan fingerprint density at radius 2 is 1.90 bits per heavy atom. The van der Waals surface area contributed by atoms with E-state index in [0.717, 1.165) is 18.4 Å². The van der Waals surface area contributed by atoms with Crippen LogP contribution in [-0.2, 0) is 20.7 Å². The van der Waals surface area contributed by atoms with E-state index in [-0.39, 0.29) is 29.6 Å². The highest BCUT2D eigenvalue weighted by atomic mass is 16.5. The number of aromatic hydroxyl groups is 1. The van der Waals surface area contributed by atoms with Gasteiger partial charge in [0.25, 0.3) is 5.91 Å². The number of phenolic OH excluding ortho intramolecular Hbond substituents is 1. The van der Waals surface area contributed by atoms with Crippen molar-refractivity contribution in [3.8, 4) is 5.75 Å². The number of hydrogen-bond acceptors (Lipinski definition) is 5. The molecular weight excluding hydrogens is 382 g/mol. The second-order valence-corrected chi connectivity index (χ2v) is 7.76. The van der Waals surface area contributed by atoms with Gasteiger partial charge in [0.15, 0.2) is 11.5 Å². The van der Waals surface area contributed by atoms with Gasteiger partial charge in [-0.05, 0) is 42.5 Å². The Kier molecular flexibility index (Phi) is 5.86. The first-order valence-corrected chi connectivity index (χ1v) is 10.3. The minimum atomic E-state index is -0.739. The van der Waals surface area contributed by atoms with Gasteiger partial charge in [-0.2, -0.15) is 0 Å². The van der Waals surface area contributed by atoms with Crippen LogP contribution in [0.3, 0.4) is 0 Å². The Morgan fingerprint density at radius 1 is 1.10 bits per heavy atom. The highest BCUT2D eigenvalue weighted by Crippen LogP contribution is 2.40. The van der Waals surface area contributed by atoms with E-state index in [1.807, 2.05) is 30.3 Å². The number of amides is 1. The quantitative estimate of drug-likeness (QED) is 0.734. The van der Waals surface area contributed by atoms with E-state index >= 15 is 0 Å².